The molecule has 1 aromatic carbocycles. The first kappa shape index (κ1) is 21.5. The van der Waals surface area contributed by atoms with E-state index < -0.39 is 0 Å². The smallest absolute Gasteiger partial charge is 0.246 e. The molecule has 0 atom stereocenters. The van der Waals surface area contributed by atoms with Gasteiger partial charge in [-0.3, -0.25) is 14.5 Å². The SMILES string of the molecule is C=CC(=O)N1CC(N2CCN(C(=O)CNc3cc(CC)c(Cl)cc3OC)CC2)C1. The van der Waals surface area contributed by atoms with Crippen LogP contribution in [0, 0.1) is 0 Å². The lowest BCUT2D eigenvalue weighted by atomic mass is 10.1. The highest BCUT2D eigenvalue weighted by Crippen LogP contribution is 2.31. The van der Waals surface area contributed by atoms with Gasteiger partial charge < -0.3 is 19.9 Å². The van der Waals surface area contributed by atoms with Crippen LogP contribution in [0.1, 0.15) is 12.5 Å². The lowest BCUT2D eigenvalue weighted by Crippen LogP contribution is -2.64. The second-order valence-electron chi connectivity index (χ2n) is 7.37. The Morgan fingerprint density at radius 2 is 1.93 bits per heavy atom. The maximum atomic E-state index is 12.6. The number of hydrogen-bond donors (Lipinski definition) is 1. The van der Waals surface area contributed by atoms with Crippen molar-refractivity contribution in [2.75, 3.05) is 58.2 Å². The fourth-order valence-corrected chi connectivity index (χ4v) is 4.08. The van der Waals surface area contributed by atoms with Gasteiger partial charge in [-0.1, -0.05) is 25.1 Å². The average Bonchev–Trinajstić information content (AvgIpc) is 2.71. The third-order valence-corrected chi connectivity index (χ3v) is 6.06. The number of methoxy groups -OCH3 is 1. The number of ether oxygens (including phenoxy) is 1. The second-order valence-corrected chi connectivity index (χ2v) is 7.78. The zero-order chi connectivity index (χ0) is 21.0. The molecule has 0 aromatic heterocycles. The summed E-state index contributed by atoms with van der Waals surface area (Å²) in [6.45, 7) is 10.3. The van der Waals surface area contributed by atoms with Crippen molar-refractivity contribution in [1.82, 2.24) is 14.7 Å². The van der Waals surface area contributed by atoms with Crippen LogP contribution in [0.15, 0.2) is 24.8 Å². The van der Waals surface area contributed by atoms with Crippen LogP contribution in [0.3, 0.4) is 0 Å². The first-order valence-corrected chi connectivity index (χ1v) is 10.4. The number of anilines is 1. The number of aryl methyl sites for hydroxylation is 1. The van der Waals surface area contributed by atoms with Gasteiger partial charge in [0.25, 0.3) is 0 Å². The van der Waals surface area contributed by atoms with E-state index >= 15 is 0 Å². The first-order valence-electron chi connectivity index (χ1n) is 10.00. The van der Waals surface area contributed by atoms with E-state index in [0.717, 1.165) is 43.9 Å². The molecule has 2 fully saturated rings. The number of amides is 2. The van der Waals surface area contributed by atoms with Crippen molar-refractivity contribution < 1.29 is 14.3 Å². The third-order valence-electron chi connectivity index (χ3n) is 5.71. The summed E-state index contributed by atoms with van der Waals surface area (Å²) in [5.74, 6) is 0.690. The standard InChI is InChI=1S/C21H29ClN4O3/c1-4-15-10-18(19(29-3)11-17(15)22)23-12-21(28)25-8-6-24(7-9-25)16-13-26(14-16)20(27)5-2/h5,10-11,16,23H,2,4,6-9,12-14H2,1,3H3. The molecule has 3 rings (SSSR count). The van der Waals surface area contributed by atoms with Crippen LogP contribution in [-0.4, -0.2) is 85.5 Å². The maximum Gasteiger partial charge on any atom is 0.246 e. The predicted octanol–water partition coefficient (Wildman–Crippen LogP) is 1.86. The van der Waals surface area contributed by atoms with Crippen molar-refractivity contribution in [1.29, 1.82) is 0 Å². The van der Waals surface area contributed by atoms with E-state index in [1.807, 2.05) is 17.9 Å². The summed E-state index contributed by atoms with van der Waals surface area (Å²) in [6, 6.07) is 4.12. The third kappa shape index (κ3) is 4.85. The van der Waals surface area contributed by atoms with Gasteiger partial charge in [0.1, 0.15) is 5.75 Å². The number of carbonyl (C=O) groups is 2. The minimum atomic E-state index is -0.00926. The minimum Gasteiger partial charge on any atom is -0.495 e. The van der Waals surface area contributed by atoms with E-state index in [1.54, 1.807) is 18.1 Å². The molecule has 2 aliphatic heterocycles. The molecule has 1 aromatic rings. The van der Waals surface area contributed by atoms with E-state index in [4.69, 9.17) is 16.3 Å². The second kappa shape index (κ2) is 9.50. The summed E-state index contributed by atoms with van der Waals surface area (Å²) in [6.07, 6.45) is 2.17. The Morgan fingerprint density at radius 3 is 2.52 bits per heavy atom. The van der Waals surface area contributed by atoms with Gasteiger partial charge in [0.05, 0.1) is 19.3 Å². The van der Waals surface area contributed by atoms with E-state index in [0.29, 0.717) is 29.9 Å². The monoisotopic (exact) mass is 420 g/mol. The topological polar surface area (TPSA) is 65.1 Å². The lowest BCUT2D eigenvalue weighted by molar-refractivity contribution is -0.135. The fraction of sp³-hybridized carbons (Fsp3) is 0.524. The molecule has 2 heterocycles. The van der Waals surface area contributed by atoms with Gasteiger partial charge in [-0.2, -0.15) is 0 Å². The Balaban J connectivity index is 1.47. The van der Waals surface area contributed by atoms with Crippen LogP contribution in [0.25, 0.3) is 0 Å². The number of benzene rings is 1. The van der Waals surface area contributed by atoms with Crippen molar-refractivity contribution in [3.05, 3.63) is 35.4 Å². The summed E-state index contributed by atoms with van der Waals surface area (Å²) >= 11 is 6.24. The Morgan fingerprint density at radius 1 is 1.24 bits per heavy atom. The highest BCUT2D eigenvalue weighted by Gasteiger charge is 2.35. The number of rotatable bonds is 7. The van der Waals surface area contributed by atoms with Gasteiger partial charge in [0, 0.05) is 56.4 Å². The predicted molar refractivity (Wildman–Crippen MR) is 115 cm³/mol. The number of nitrogens with one attached hydrogen (secondary N) is 1. The summed E-state index contributed by atoms with van der Waals surface area (Å²) < 4.78 is 5.38. The molecule has 0 unspecified atom stereocenters. The molecule has 0 radical (unpaired) electrons. The van der Waals surface area contributed by atoms with Gasteiger partial charge in [0.15, 0.2) is 0 Å². The van der Waals surface area contributed by atoms with Gasteiger partial charge in [0.2, 0.25) is 11.8 Å². The Labute approximate surface area is 177 Å². The number of carbonyl (C=O) groups excluding carboxylic acids is 2. The molecule has 0 bridgehead atoms. The number of hydrogen-bond acceptors (Lipinski definition) is 5. The molecule has 7 nitrogen and oxygen atoms in total. The Kier molecular flexibility index (Phi) is 7.03. The summed E-state index contributed by atoms with van der Waals surface area (Å²) in [4.78, 5) is 30.3. The number of halogens is 1. The molecule has 0 saturated carbocycles. The van der Waals surface area contributed by atoms with Crippen molar-refractivity contribution >= 4 is 29.1 Å². The quantitative estimate of drug-likeness (QED) is 0.682. The van der Waals surface area contributed by atoms with Crippen LogP contribution in [0.2, 0.25) is 5.02 Å². The van der Waals surface area contributed by atoms with E-state index in [2.05, 4.69) is 16.8 Å². The van der Waals surface area contributed by atoms with Crippen LogP contribution >= 0.6 is 11.6 Å². The van der Waals surface area contributed by atoms with Crippen molar-refractivity contribution in [3.8, 4) is 5.75 Å². The number of piperazine rings is 1. The van der Waals surface area contributed by atoms with Crippen molar-refractivity contribution in [2.45, 2.75) is 19.4 Å². The molecule has 8 heteroatoms. The first-order chi connectivity index (χ1) is 14.0. The molecule has 2 saturated heterocycles. The van der Waals surface area contributed by atoms with Crippen LogP contribution in [0.4, 0.5) is 5.69 Å². The molecular weight excluding hydrogens is 392 g/mol. The van der Waals surface area contributed by atoms with Gasteiger partial charge in [-0.15, -0.1) is 0 Å². The van der Waals surface area contributed by atoms with Crippen LogP contribution in [0.5, 0.6) is 5.75 Å². The normalized spacial score (nSPS) is 17.6. The molecule has 2 aliphatic rings. The Hall–Kier alpha value is -2.25. The molecule has 158 valence electrons. The molecule has 0 spiro atoms. The van der Waals surface area contributed by atoms with E-state index in [1.165, 1.54) is 6.08 Å². The largest absolute Gasteiger partial charge is 0.495 e. The highest BCUT2D eigenvalue weighted by molar-refractivity contribution is 6.31. The van der Waals surface area contributed by atoms with Gasteiger partial charge >= 0.3 is 0 Å². The van der Waals surface area contributed by atoms with Crippen molar-refractivity contribution in [2.24, 2.45) is 0 Å². The van der Waals surface area contributed by atoms with E-state index in [-0.39, 0.29) is 18.4 Å². The Bertz CT molecular complexity index is 771. The zero-order valence-electron chi connectivity index (χ0n) is 17.1. The molecule has 2 amide bonds. The number of likely N-dealkylation sites (tertiary alicyclic amines) is 1. The molecule has 29 heavy (non-hydrogen) atoms. The fourth-order valence-electron chi connectivity index (χ4n) is 3.79. The summed E-state index contributed by atoms with van der Waals surface area (Å²) in [5, 5.41) is 3.87. The van der Waals surface area contributed by atoms with Crippen LogP contribution < -0.4 is 10.1 Å². The molecular formula is C21H29ClN4O3. The average molecular weight is 421 g/mol. The maximum absolute atomic E-state index is 12.6. The van der Waals surface area contributed by atoms with Crippen LogP contribution in [-0.2, 0) is 16.0 Å². The lowest BCUT2D eigenvalue weighted by Gasteiger charge is -2.47. The molecule has 0 aliphatic carbocycles. The van der Waals surface area contributed by atoms with Crippen molar-refractivity contribution in [3.63, 3.8) is 0 Å². The number of nitrogens with zero attached hydrogens (tertiary/aromatic N) is 3. The van der Waals surface area contributed by atoms with E-state index in [9.17, 15) is 9.59 Å². The summed E-state index contributed by atoms with van der Waals surface area (Å²) in [5.41, 5.74) is 1.79. The highest BCUT2D eigenvalue weighted by atomic mass is 35.5. The minimum absolute atomic E-state index is 0.00926. The van der Waals surface area contributed by atoms with Gasteiger partial charge in [-0.05, 0) is 24.1 Å². The van der Waals surface area contributed by atoms with Gasteiger partial charge in [-0.25, -0.2) is 0 Å². The summed E-state index contributed by atoms with van der Waals surface area (Å²) in [7, 11) is 1.59. The zero-order valence-corrected chi connectivity index (χ0v) is 17.9. The molecule has 1 N–H and O–H groups in total.